The third-order valence-corrected chi connectivity index (χ3v) is 3.09. The zero-order chi connectivity index (χ0) is 13.0. The Morgan fingerprint density at radius 1 is 1.00 bits per heavy atom. The average molecular weight is 237 g/mol. The number of hydrogen-bond acceptors (Lipinski definition) is 1. The van der Waals surface area contributed by atoms with Crippen LogP contribution >= 0.6 is 0 Å². The SMILES string of the molecule is C=C(c1ccc(C)cc1)N(CC)c1ccccc1. The number of aryl methyl sites for hydroxylation is 1. The molecule has 0 aromatic heterocycles. The molecule has 0 spiro atoms. The first-order valence-electron chi connectivity index (χ1n) is 6.31. The van der Waals surface area contributed by atoms with Crippen molar-refractivity contribution in [3.05, 3.63) is 72.3 Å². The molecule has 2 rings (SSSR count). The molecule has 0 unspecified atom stereocenters. The van der Waals surface area contributed by atoms with Gasteiger partial charge in [0.05, 0.1) is 0 Å². The quantitative estimate of drug-likeness (QED) is 0.757. The van der Waals surface area contributed by atoms with Crippen molar-refractivity contribution in [1.82, 2.24) is 0 Å². The molecule has 0 saturated heterocycles. The van der Waals surface area contributed by atoms with Crippen molar-refractivity contribution >= 4 is 11.4 Å². The summed E-state index contributed by atoms with van der Waals surface area (Å²) in [7, 11) is 0. The van der Waals surface area contributed by atoms with E-state index >= 15 is 0 Å². The molecule has 18 heavy (non-hydrogen) atoms. The molecule has 1 heteroatoms. The van der Waals surface area contributed by atoms with Crippen LogP contribution in [0.4, 0.5) is 5.69 Å². The maximum atomic E-state index is 4.23. The van der Waals surface area contributed by atoms with Crippen LogP contribution in [0.25, 0.3) is 5.70 Å². The van der Waals surface area contributed by atoms with E-state index in [0.717, 1.165) is 12.2 Å². The van der Waals surface area contributed by atoms with Gasteiger partial charge in [-0.2, -0.15) is 0 Å². The molecule has 0 amide bonds. The summed E-state index contributed by atoms with van der Waals surface area (Å²) in [6.07, 6.45) is 0. The predicted molar refractivity (Wildman–Crippen MR) is 79.7 cm³/mol. The predicted octanol–water partition coefficient (Wildman–Crippen LogP) is 4.49. The molecule has 1 nitrogen and oxygen atoms in total. The number of anilines is 1. The van der Waals surface area contributed by atoms with E-state index in [2.05, 4.69) is 73.9 Å². The molecule has 0 radical (unpaired) electrons. The maximum absolute atomic E-state index is 4.23. The van der Waals surface area contributed by atoms with Crippen molar-refractivity contribution in [3.8, 4) is 0 Å². The Balaban J connectivity index is 2.28. The van der Waals surface area contributed by atoms with Crippen LogP contribution in [-0.2, 0) is 0 Å². The van der Waals surface area contributed by atoms with Crippen molar-refractivity contribution < 1.29 is 0 Å². The van der Waals surface area contributed by atoms with Crippen molar-refractivity contribution in [3.63, 3.8) is 0 Å². The maximum Gasteiger partial charge on any atom is 0.0411 e. The van der Waals surface area contributed by atoms with Gasteiger partial charge in [0, 0.05) is 17.9 Å². The molecular weight excluding hydrogens is 218 g/mol. The van der Waals surface area contributed by atoms with Gasteiger partial charge < -0.3 is 4.90 Å². The largest absolute Gasteiger partial charge is 0.342 e. The molecule has 0 N–H and O–H groups in total. The molecule has 92 valence electrons. The monoisotopic (exact) mass is 237 g/mol. The Morgan fingerprint density at radius 2 is 1.61 bits per heavy atom. The van der Waals surface area contributed by atoms with E-state index in [-0.39, 0.29) is 0 Å². The molecule has 0 bridgehead atoms. The second-order valence-corrected chi connectivity index (χ2v) is 4.39. The smallest absolute Gasteiger partial charge is 0.0411 e. The van der Waals surface area contributed by atoms with E-state index in [4.69, 9.17) is 0 Å². The molecule has 0 fully saturated rings. The third-order valence-electron chi connectivity index (χ3n) is 3.09. The highest BCUT2D eigenvalue weighted by molar-refractivity contribution is 5.77. The summed E-state index contributed by atoms with van der Waals surface area (Å²) >= 11 is 0. The summed E-state index contributed by atoms with van der Waals surface area (Å²) in [5, 5.41) is 0. The molecule has 0 aliphatic carbocycles. The minimum Gasteiger partial charge on any atom is -0.342 e. The van der Waals surface area contributed by atoms with Crippen LogP contribution in [0.2, 0.25) is 0 Å². The third kappa shape index (κ3) is 2.62. The number of hydrogen-bond donors (Lipinski definition) is 0. The Morgan fingerprint density at radius 3 is 2.17 bits per heavy atom. The fraction of sp³-hybridized carbons (Fsp3) is 0.176. The molecule has 0 heterocycles. The molecule has 0 aliphatic rings. The van der Waals surface area contributed by atoms with Gasteiger partial charge >= 0.3 is 0 Å². The molecular formula is C17H19N. The highest BCUT2D eigenvalue weighted by Gasteiger charge is 2.09. The zero-order valence-electron chi connectivity index (χ0n) is 11.1. The van der Waals surface area contributed by atoms with Gasteiger partial charge in [0.1, 0.15) is 0 Å². The topological polar surface area (TPSA) is 3.24 Å². The lowest BCUT2D eigenvalue weighted by Gasteiger charge is -2.25. The highest BCUT2D eigenvalue weighted by atomic mass is 15.1. The number of benzene rings is 2. The number of para-hydroxylation sites is 1. The number of nitrogens with zero attached hydrogens (tertiary/aromatic N) is 1. The van der Waals surface area contributed by atoms with Crippen LogP contribution in [0.1, 0.15) is 18.1 Å². The summed E-state index contributed by atoms with van der Waals surface area (Å²) in [6, 6.07) is 18.9. The lowest BCUT2D eigenvalue weighted by molar-refractivity contribution is 1.03. The van der Waals surface area contributed by atoms with Gasteiger partial charge in [-0.05, 0) is 31.5 Å². The van der Waals surface area contributed by atoms with Gasteiger partial charge in [0.25, 0.3) is 0 Å². The van der Waals surface area contributed by atoms with E-state index in [9.17, 15) is 0 Å². The van der Waals surface area contributed by atoms with Crippen LogP contribution in [-0.4, -0.2) is 6.54 Å². The fourth-order valence-corrected chi connectivity index (χ4v) is 2.04. The van der Waals surface area contributed by atoms with Gasteiger partial charge in [-0.1, -0.05) is 54.6 Å². The lowest BCUT2D eigenvalue weighted by atomic mass is 10.1. The minimum atomic E-state index is 0.913. The van der Waals surface area contributed by atoms with E-state index in [1.165, 1.54) is 16.8 Å². The summed E-state index contributed by atoms with van der Waals surface area (Å²) in [5.74, 6) is 0. The van der Waals surface area contributed by atoms with Crippen LogP contribution in [0.3, 0.4) is 0 Å². The Labute approximate surface area is 109 Å². The van der Waals surface area contributed by atoms with E-state index in [1.807, 2.05) is 6.07 Å². The average Bonchev–Trinajstić information content (AvgIpc) is 2.41. The molecule has 0 aliphatic heterocycles. The molecule has 2 aromatic rings. The molecule has 2 aromatic carbocycles. The standard InChI is InChI=1S/C17H19N/c1-4-18(17-8-6-5-7-9-17)15(3)16-12-10-14(2)11-13-16/h5-13H,3-4H2,1-2H3. The molecule has 0 atom stereocenters. The number of rotatable bonds is 4. The van der Waals surface area contributed by atoms with Crippen LogP contribution in [0.15, 0.2) is 61.2 Å². The first kappa shape index (κ1) is 12.4. The second kappa shape index (κ2) is 5.54. The van der Waals surface area contributed by atoms with Crippen LogP contribution < -0.4 is 4.90 Å². The van der Waals surface area contributed by atoms with E-state index < -0.39 is 0 Å². The molecule has 0 saturated carbocycles. The van der Waals surface area contributed by atoms with Gasteiger partial charge in [-0.25, -0.2) is 0 Å². The normalized spacial score (nSPS) is 10.1. The Hall–Kier alpha value is -2.02. The Bertz CT molecular complexity index is 511. The summed E-state index contributed by atoms with van der Waals surface area (Å²) in [5.41, 5.74) is 4.68. The van der Waals surface area contributed by atoms with E-state index in [1.54, 1.807) is 0 Å². The minimum absolute atomic E-state index is 0.913. The van der Waals surface area contributed by atoms with Crippen molar-refractivity contribution in [2.75, 3.05) is 11.4 Å². The summed E-state index contributed by atoms with van der Waals surface area (Å²) < 4.78 is 0. The van der Waals surface area contributed by atoms with Gasteiger partial charge in [-0.3, -0.25) is 0 Å². The van der Waals surface area contributed by atoms with Gasteiger partial charge in [0.2, 0.25) is 0 Å². The second-order valence-electron chi connectivity index (χ2n) is 4.39. The first-order chi connectivity index (χ1) is 8.72. The zero-order valence-corrected chi connectivity index (χ0v) is 11.1. The summed E-state index contributed by atoms with van der Waals surface area (Å²) in [6.45, 7) is 9.39. The van der Waals surface area contributed by atoms with Crippen molar-refractivity contribution in [2.45, 2.75) is 13.8 Å². The van der Waals surface area contributed by atoms with Crippen LogP contribution in [0.5, 0.6) is 0 Å². The van der Waals surface area contributed by atoms with Gasteiger partial charge in [-0.15, -0.1) is 0 Å². The first-order valence-corrected chi connectivity index (χ1v) is 6.31. The van der Waals surface area contributed by atoms with Crippen molar-refractivity contribution in [2.24, 2.45) is 0 Å². The van der Waals surface area contributed by atoms with Gasteiger partial charge in [0.15, 0.2) is 0 Å². The van der Waals surface area contributed by atoms with Crippen molar-refractivity contribution in [1.29, 1.82) is 0 Å². The lowest BCUT2D eigenvalue weighted by Crippen LogP contribution is -2.20. The Kier molecular flexibility index (Phi) is 3.83. The van der Waals surface area contributed by atoms with Crippen LogP contribution in [0, 0.1) is 6.92 Å². The summed E-state index contributed by atoms with van der Waals surface area (Å²) in [4.78, 5) is 2.23. The van der Waals surface area contributed by atoms with E-state index in [0.29, 0.717) is 0 Å². The fourth-order valence-electron chi connectivity index (χ4n) is 2.04. The highest BCUT2D eigenvalue weighted by Crippen LogP contribution is 2.24.